The number of alkyl carbamates (subject to hydrolysis) is 1. The Balaban J connectivity index is 4.12. The summed E-state index contributed by atoms with van der Waals surface area (Å²) in [6, 6.07) is -0.840. The summed E-state index contributed by atoms with van der Waals surface area (Å²) in [5.74, 6) is -0.445. The van der Waals surface area contributed by atoms with Crippen LogP contribution in [0.4, 0.5) is 4.79 Å². The zero-order valence-electron chi connectivity index (χ0n) is 15.4. The summed E-state index contributed by atoms with van der Waals surface area (Å²) in [7, 11) is 1.26. The lowest BCUT2D eigenvalue weighted by molar-refractivity contribution is -0.143. The SMILES string of the molecule is CCCCCCCC(=O)CCC(NC(=O)OCCCC)C(=O)OC. The van der Waals surface area contributed by atoms with Gasteiger partial charge in [0.2, 0.25) is 0 Å². The van der Waals surface area contributed by atoms with Gasteiger partial charge < -0.3 is 14.8 Å². The number of hydrogen-bond acceptors (Lipinski definition) is 5. The predicted octanol–water partition coefficient (Wildman–Crippen LogP) is 3.76. The number of carbonyl (C=O) groups excluding carboxylic acids is 3. The third kappa shape index (κ3) is 11.9. The molecule has 0 bridgehead atoms. The van der Waals surface area contributed by atoms with Gasteiger partial charge in [0.25, 0.3) is 0 Å². The first-order chi connectivity index (χ1) is 11.5. The van der Waals surface area contributed by atoms with Crippen LogP contribution in [0.5, 0.6) is 0 Å². The first kappa shape index (κ1) is 22.4. The number of rotatable bonds is 14. The normalized spacial score (nSPS) is 11.6. The molecule has 1 amide bonds. The van der Waals surface area contributed by atoms with E-state index in [0.29, 0.717) is 13.0 Å². The lowest BCUT2D eigenvalue weighted by Crippen LogP contribution is -2.42. The van der Waals surface area contributed by atoms with Gasteiger partial charge in [0, 0.05) is 12.8 Å². The van der Waals surface area contributed by atoms with Crippen LogP contribution in [-0.4, -0.2) is 37.6 Å². The number of methoxy groups -OCH3 is 1. The number of amides is 1. The molecule has 0 aliphatic heterocycles. The summed E-state index contributed by atoms with van der Waals surface area (Å²) < 4.78 is 9.65. The van der Waals surface area contributed by atoms with Crippen molar-refractivity contribution < 1.29 is 23.9 Å². The largest absolute Gasteiger partial charge is 0.467 e. The molecule has 0 aromatic heterocycles. The fraction of sp³-hybridized carbons (Fsp3) is 0.833. The highest BCUT2D eigenvalue weighted by Gasteiger charge is 2.22. The number of Topliss-reactive ketones (excluding diaryl/α,β-unsaturated/α-hetero) is 1. The standard InChI is InChI=1S/C18H33NO5/c1-4-6-8-9-10-11-15(20)12-13-16(17(21)23-3)19-18(22)24-14-7-5-2/h16H,4-14H2,1-3H3,(H,19,22). The maximum Gasteiger partial charge on any atom is 0.407 e. The molecule has 6 heteroatoms. The summed E-state index contributed by atoms with van der Waals surface area (Å²) in [4.78, 5) is 35.2. The second kappa shape index (κ2) is 15.0. The van der Waals surface area contributed by atoms with Crippen molar-refractivity contribution in [2.75, 3.05) is 13.7 Å². The number of hydrogen-bond donors (Lipinski definition) is 1. The third-order valence-corrected chi connectivity index (χ3v) is 3.78. The van der Waals surface area contributed by atoms with Crippen LogP contribution >= 0.6 is 0 Å². The molecule has 0 rings (SSSR count). The Hall–Kier alpha value is -1.59. The Morgan fingerprint density at radius 1 is 0.917 bits per heavy atom. The van der Waals surface area contributed by atoms with E-state index in [1.54, 1.807) is 0 Å². The minimum Gasteiger partial charge on any atom is -0.467 e. The highest BCUT2D eigenvalue weighted by molar-refractivity contribution is 5.83. The Kier molecular flexibility index (Phi) is 14.0. The summed E-state index contributed by atoms with van der Waals surface area (Å²) >= 11 is 0. The van der Waals surface area contributed by atoms with Gasteiger partial charge in [-0.05, 0) is 19.3 Å². The molecule has 0 aromatic carbocycles. The molecule has 0 aromatic rings. The molecule has 24 heavy (non-hydrogen) atoms. The van der Waals surface area contributed by atoms with Gasteiger partial charge in [-0.15, -0.1) is 0 Å². The molecule has 0 aliphatic carbocycles. The van der Waals surface area contributed by atoms with Gasteiger partial charge in [-0.25, -0.2) is 9.59 Å². The van der Waals surface area contributed by atoms with Gasteiger partial charge in [-0.2, -0.15) is 0 Å². The van der Waals surface area contributed by atoms with Crippen LogP contribution in [-0.2, 0) is 19.1 Å². The zero-order valence-corrected chi connectivity index (χ0v) is 15.4. The molecule has 0 fully saturated rings. The van der Waals surface area contributed by atoms with E-state index < -0.39 is 18.1 Å². The third-order valence-electron chi connectivity index (χ3n) is 3.78. The van der Waals surface area contributed by atoms with E-state index in [4.69, 9.17) is 4.74 Å². The lowest BCUT2D eigenvalue weighted by atomic mass is 10.0. The second-order valence-corrected chi connectivity index (χ2v) is 5.95. The van der Waals surface area contributed by atoms with Gasteiger partial charge in [0.05, 0.1) is 13.7 Å². The van der Waals surface area contributed by atoms with Crippen LogP contribution in [0.15, 0.2) is 0 Å². The molecular formula is C18H33NO5. The van der Waals surface area contributed by atoms with Crippen molar-refractivity contribution in [3.8, 4) is 0 Å². The van der Waals surface area contributed by atoms with Crippen molar-refractivity contribution in [1.82, 2.24) is 5.32 Å². The van der Waals surface area contributed by atoms with Crippen LogP contribution in [0, 0.1) is 0 Å². The second-order valence-electron chi connectivity index (χ2n) is 5.95. The Bertz CT molecular complexity index is 370. The van der Waals surface area contributed by atoms with Gasteiger partial charge in [0.1, 0.15) is 11.8 Å². The fourth-order valence-corrected chi connectivity index (χ4v) is 2.24. The molecule has 0 spiro atoms. The van der Waals surface area contributed by atoms with E-state index in [0.717, 1.165) is 32.1 Å². The maximum atomic E-state index is 11.9. The maximum absolute atomic E-state index is 11.9. The molecule has 6 nitrogen and oxygen atoms in total. The molecule has 0 saturated carbocycles. The first-order valence-corrected chi connectivity index (χ1v) is 9.07. The van der Waals surface area contributed by atoms with Gasteiger partial charge in [-0.1, -0.05) is 46.0 Å². The van der Waals surface area contributed by atoms with E-state index in [2.05, 4.69) is 17.0 Å². The number of nitrogens with one attached hydrogen (secondary N) is 1. The van der Waals surface area contributed by atoms with Crippen molar-refractivity contribution in [2.24, 2.45) is 0 Å². The van der Waals surface area contributed by atoms with E-state index >= 15 is 0 Å². The molecule has 0 radical (unpaired) electrons. The summed E-state index contributed by atoms with van der Waals surface area (Å²) in [5, 5.41) is 2.48. The monoisotopic (exact) mass is 343 g/mol. The van der Waals surface area contributed by atoms with E-state index in [9.17, 15) is 14.4 Å². The molecule has 1 atom stereocenters. The molecule has 0 heterocycles. The van der Waals surface area contributed by atoms with E-state index in [1.807, 2.05) is 6.92 Å². The van der Waals surface area contributed by atoms with Crippen LogP contribution in [0.3, 0.4) is 0 Å². The van der Waals surface area contributed by atoms with Crippen molar-refractivity contribution in [1.29, 1.82) is 0 Å². The minimum absolute atomic E-state index is 0.113. The molecule has 1 N–H and O–H groups in total. The molecular weight excluding hydrogens is 310 g/mol. The number of ether oxygens (including phenoxy) is 2. The lowest BCUT2D eigenvalue weighted by Gasteiger charge is -2.16. The molecule has 0 aliphatic rings. The average molecular weight is 343 g/mol. The van der Waals surface area contributed by atoms with Gasteiger partial charge >= 0.3 is 12.1 Å². The van der Waals surface area contributed by atoms with E-state index in [1.165, 1.54) is 20.0 Å². The van der Waals surface area contributed by atoms with Crippen molar-refractivity contribution in [3.05, 3.63) is 0 Å². The molecule has 0 saturated heterocycles. The smallest absolute Gasteiger partial charge is 0.407 e. The first-order valence-electron chi connectivity index (χ1n) is 9.07. The molecule has 1 unspecified atom stereocenters. The minimum atomic E-state index is -0.840. The van der Waals surface area contributed by atoms with Crippen LogP contribution < -0.4 is 5.32 Å². The number of unbranched alkanes of at least 4 members (excludes halogenated alkanes) is 5. The average Bonchev–Trinajstić information content (AvgIpc) is 2.57. The van der Waals surface area contributed by atoms with Crippen molar-refractivity contribution in [3.63, 3.8) is 0 Å². The summed E-state index contributed by atoms with van der Waals surface area (Å²) in [6.45, 7) is 4.46. The van der Waals surface area contributed by atoms with Gasteiger partial charge in [-0.3, -0.25) is 4.79 Å². The van der Waals surface area contributed by atoms with Crippen molar-refractivity contribution in [2.45, 2.75) is 84.1 Å². The predicted molar refractivity (Wildman–Crippen MR) is 92.8 cm³/mol. The summed E-state index contributed by atoms with van der Waals surface area (Å²) in [5.41, 5.74) is 0. The Morgan fingerprint density at radius 3 is 2.21 bits per heavy atom. The fourth-order valence-electron chi connectivity index (χ4n) is 2.24. The van der Waals surface area contributed by atoms with Crippen molar-refractivity contribution >= 4 is 17.8 Å². The highest BCUT2D eigenvalue weighted by atomic mass is 16.6. The Labute approximate surface area is 145 Å². The number of ketones is 1. The van der Waals surface area contributed by atoms with E-state index in [-0.39, 0.29) is 18.6 Å². The Morgan fingerprint density at radius 2 is 1.58 bits per heavy atom. The van der Waals surface area contributed by atoms with Gasteiger partial charge in [0.15, 0.2) is 0 Å². The highest BCUT2D eigenvalue weighted by Crippen LogP contribution is 2.09. The van der Waals surface area contributed by atoms with Crippen LogP contribution in [0.25, 0.3) is 0 Å². The number of esters is 1. The molecule has 140 valence electrons. The van der Waals surface area contributed by atoms with Crippen LogP contribution in [0.2, 0.25) is 0 Å². The quantitative estimate of drug-likeness (QED) is 0.383. The zero-order chi connectivity index (χ0) is 18.2. The summed E-state index contributed by atoms with van der Waals surface area (Å²) in [6.07, 6.45) is 7.52. The van der Waals surface area contributed by atoms with Crippen LogP contribution in [0.1, 0.15) is 78.1 Å². The topological polar surface area (TPSA) is 81.7 Å². The number of carbonyl (C=O) groups is 3.